The Bertz CT molecular complexity index is 587. The average molecular weight is 276 g/mol. The minimum atomic E-state index is -0.190. The second-order valence-corrected chi connectivity index (χ2v) is 4.60. The number of hydrogen-bond donors (Lipinski definition) is 1. The Kier molecular flexibility index (Phi) is 3.62. The topological polar surface area (TPSA) is 84.5 Å². The summed E-state index contributed by atoms with van der Waals surface area (Å²) < 4.78 is 10.9. The van der Waals surface area contributed by atoms with Crippen LogP contribution in [0.2, 0.25) is 0 Å². The summed E-state index contributed by atoms with van der Waals surface area (Å²) >= 11 is 0. The second kappa shape index (κ2) is 5.56. The lowest BCUT2D eigenvalue weighted by molar-refractivity contribution is -0.0334. The summed E-state index contributed by atoms with van der Waals surface area (Å²) in [5.74, 6) is 0.800. The van der Waals surface area contributed by atoms with E-state index in [1.165, 1.54) is 6.20 Å². The van der Waals surface area contributed by atoms with Crippen molar-refractivity contribution in [1.29, 1.82) is 0 Å². The van der Waals surface area contributed by atoms with Gasteiger partial charge in [0.1, 0.15) is 11.9 Å². The van der Waals surface area contributed by atoms with Gasteiger partial charge in [-0.15, -0.1) is 0 Å². The van der Waals surface area contributed by atoms with Gasteiger partial charge in [-0.05, 0) is 12.6 Å². The zero-order valence-corrected chi connectivity index (χ0v) is 11.2. The van der Waals surface area contributed by atoms with E-state index in [1.54, 1.807) is 12.3 Å². The van der Waals surface area contributed by atoms with E-state index < -0.39 is 0 Å². The monoisotopic (exact) mass is 276 g/mol. The van der Waals surface area contributed by atoms with Gasteiger partial charge in [-0.1, -0.05) is 12.1 Å². The van der Waals surface area contributed by atoms with Crippen molar-refractivity contribution in [3.8, 4) is 17.2 Å². The summed E-state index contributed by atoms with van der Waals surface area (Å²) in [5.41, 5.74) is 0.474. The molecule has 1 aliphatic heterocycles. The smallest absolute Gasteiger partial charge is 0.261 e. The Morgan fingerprint density at radius 2 is 2.40 bits per heavy atom. The predicted octanol–water partition coefficient (Wildman–Crippen LogP) is 1.23. The fourth-order valence-corrected chi connectivity index (χ4v) is 2.19. The van der Waals surface area contributed by atoms with Gasteiger partial charge < -0.3 is 14.4 Å². The van der Waals surface area contributed by atoms with E-state index in [-0.39, 0.29) is 17.7 Å². The van der Waals surface area contributed by atoms with Crippen molar-refractivity contribution in [3.05, 3.63) is 24.3 Å². The first-order valence-corrected chi connectivity index (χ1v) is 6.59. The molecule has 0 radical (unpaired) electrons. The van der Waals surface area contributed by atoms with E-state index in [1.807, 2.05) is 0 Å². The first kappa shape index (κ1) is 13.0. The van der Waals surface area contributed by atoms with Crippen LogP contribution in [0.25, 0.3) is 11.5 Å². The maximum absolute atomic E-state index is 9.73. The second-order valence-electron chi connectivity index (χ2n) is 4.60. The number of morpholine rings is 1. The quantitative estimate of drug-likeness (QED) is 0.902. The Hall–Kier alpha value is -1.99. The van der Waals surface area contributed by atoms with Crippen LogP contribution in [0.3, 0.4) is 0 Å². The van der Waals surface area contributed by atoms with Crippen LogP contribution >= 0.6 is 0 Å². The van der Waals surface area contributed by atoms with Crippen LogP contribution in [-0.2, 0) is 4.74 Å². The minimum Gasteiger partial charge on any atom is -0.505 e. The molecule has 1 aliphatic rings. The SMILES string of the molecule is CCN1CCOC(c2noc(-c3ccncc3O)n2)C1. The molecular formula is C13H16N4O3. The molecule has 7 heteroatoms. The summed E-state index contributed by atoms with van der Waals surface area (Å²) in [4.78, 5) is 10.4. The fourth-order valence-electron chi connectivity index (χ4n) is 2.19. The zero-order chi connectivity index (χ0) is 13.9. The number of rotatable bonds is 3. The fraction of sp³-hybridized carbons (Fsp3) is 0.462. The van der Waals surface area contributed by atoms with Crippen LogP contribution in [0.1, 0.15) is 18.9 Å². The molecule has 3 heterocycles. The van der Waals surface area contributed by atoms with Gasteiger partial charge in [-0.3, -0.25) is 9.88 Å². The molecule has 2 aromatic heterocycles. The predicted molar refractivity (Wildman–Crippen MR) is 70.0 cm³/mol. The van der Waals surface area contributed by atoms with Crippen molar-refractivity contribution in [3.63, 3.8) is 0 Å². The molecule has 2 aromatic rings. The third-order valence-corrected chi connectivity index (χ3v) is 3.36. The Morgan fingerprint density at radius 3 is 3.20 bits per heavy atom. The van der Waals surface area contributed by atoms with Crippen molar-refractivity contribution in [2.24, 2.45) is 0 Å². The Balaban J connectivity index is 1.82. The first-order valence-electron chi connectivity index (χ1n) is 6.59. The molecule has 0 bridgehead atoms. The summed E-state index contributed by atoms with van der Waals surface area (Å²) in [6, 6.07) is 1.63. The summed E-state index contributed by atoms with van der Waals surface area (Å²) in [7, 11) is 0. The van der Waals surface area contributed by atoms with Gasteiger partial charge in [0.2, 0.25) is 5.82 Å². The van der Waals surface area contributed by atoms with Gasteiger partial charge in [-0.25, -0.2) is 0 Å². The number of likely N-dealkylation sites (N-methyl/N-ethyl adjacent to an activating group) is 1. The van der Waals surface area contributed by atoms with E-state index in [0.29, 0.717) is 18.0 Å². The highest BCUT2D eigenvalue weighted by Gasteiger charge is 2.26. The molecule has 1 atom stereocenters. The molecule has 0 aromatic carbocycles. The van der Waals surface area contributed by atoms with Crippen LogP contribution in [-0.4, -0.2) is 51.4 Å². The highest BCUT2D eigenvalue weighted by atomic mass is 16.5. The first-order chi connectivity index (χ1) is 9.78. The van der Waals surface area contributed by atoms with Crippen molar-refractivity contribution in [1.82, 2.24) is 20.0 Å². The van der Waals surface area contributed by atoms with Crippen molar-refractivity contribution in [2.45, 2.75) is 13.0 Å². The lowest BCUT2D eigenvalue weighted by atomic mass is 10.2. The third kappa shape index (κ3) is 2.50. The number of ether oxygens (including phenoxy) is 1. The normalized spacial score (nSPS) is 20.1. The number of nitrogens with zero attached hydrogens (tertiary/aromatic N) is 4. The zero-order valence-electron chi connectivity index (χ0n) is 11.2. The Morgan fingerprint density at radius 1 is 1.50 bits per heavy atom. The van der Waals surface area contributed by atoms with Crippen LogP contribution in [0.5, 0.6) is 5.75 Å². The van der Waals surface area contributed by atoms with E-state index >= 15 is 0 Å². The molecule has 1 fully saturated rings. The molecule has 106 valence electrons. The number of aromatic nitrogens is 3. The molecule has 0 spiro atoms. The molecule has 1 unspecified atom stereocenters. The van der Waals surface area contributed by atoms with Gasteiger partial charge in [0.15, 0.2) is 0 Å². The highest BCUT2D eigenvalue weighted by molar-refractivity contribution is 5.60. The van der Waals surface area contributed by atoms with Gasteiger partial charge in [0.25, 0.3) is 5.89 Å². The van der Waals surface area contributed by atoms with Gasteiger partial charge in [-0.2, -0.15) is 4.98 Å². The van der Waals surface area contributed by atoms with Crippen LogP contribution < -0.4 is 0 Å². The van der Waals surface area contributed by atoms with Crippen LogP contribution in [0.4, 0.5) is 0 Å². The van der Waals surface area contributed by atoms with Crippen molar-refractivity contribution < 1.29 is 14.4 Å². The highest BCUT2D eigenvalue weighted by Crippen LogP contribution is 2.28. The summed E-state index contributed by atoms with van der Waals surface area (Å²) in [5, 5.41) is 13.7. The van der Waals surface area contributed by atoms with Crippen molar-refractivity contribution >= 4 is 0 Å². The molecule has 20 heavy (non-hydrogen) atoms. The van der Waals surface area contributed by atoms with E-state index in [9.17, 15) is 5.11 Å². The van der Waals surface area contributed by atoms with E-state index in [0.717, 1.165) is 19.6 Å². The number of aromatic hydroxyl groups is 1. The molecule has 7 nitrogen and oxygen atoms in total. The maximum atomic E-state index is 9.73. The minimum absolute atomic E-state index is 0.0162. The summed E-state index contributed by atoms with van der Waals surface area (Å²) in [6.07, 6.45) is 2.72. The maximum Gasteiger partial charge on any atom is 0.261 e. The summed E-state index contributed by atoms with van der Waals surface area (Å²) in [6.45, 7) is 5.40. The molecule has 0 saturated carbocycles. The largest absolute Gasteiger partial charge is 0.505 e. The van der Waals surface area contributed by atoms with Crippen LogP contribution in [0.15, 0.2) is 23.0 Å². The number of pyridine rings is 1. The molecule has 3 rings (SSSR count). The molecule has 1 N–H and O–H groups in total. The Labute approximate surface area is 116 Å². The lowest BCUT2D eigenvalue weighted by Crippen LogP contribution is -2.38. The molecular weight excluding hydrogens is 260 g/mol. The van der Waals surface area contributed by atoms with Gasteiger partial charge in [0, 0.05) is 19.3 Å². The lowest BCUT2D eigenvalue weighted by Gasteiger charge is -2.30. The molecule has 1 saturated heterocycles. The van der Waals surface area contributed by atoms with E-state index in [2.05, 4.69) is 26.9 Å². The average Bonchev–Trinajstić information content (AvgIpc) is 2.97. The molecule has 0 amide bonds. The van der Waals surface area contributed by atoms with E-state index in [4.69, 9.17) is 9.26 Å². The molecule has 0 aliphatic carbocycles. The number of hydrogen-bond acceptors (Lipinski definition) is 7. The standard InChI is InChI=1S/C13H16N4O3/c1-2-17-5-6-19-11(8-17)12-15-13(20-16-12)9-3-4-14-7-10(9)18/h3-4,7,11,18H,2,5-6,8H2,1H3. The van der Waals surface area contributed by atoms with Gasteiger partial charge in [0.05, 0.1) is 18.4 Å². The van der Waals surface area contributed by atoms with Crippen molar-refractivity contribution in [2.75, 3.05) is 26.2 Å². The van der Waals surface area contributed by atoms with Gasteiger partial charge >= 0.3 is 0 Å². The van der Waals surface area contributed by atoms with Crippen LogP contribution in [0, 0.1) is 0 Å². The third-order valence-electron chi connectivity index (χ3n) is 3.36.